The molecule has 0 aromatic heterocycles. The lowest BCUT2D eigenvalue weighted by Crippen LogP contribution is -2.29. The largest absolute Gasteiger partial charge is 0.490 e. The van der Waals surface area contributed by atoms with Gasteiger partial charge in [0.15, 0.2) is 0 Å². The summed E-state index contributed by atoms with van der Waals surface area (Å²) in [5.41, 5.74) is 1.01. The van der Waals surface area contributed by atoms with Crippen LogP contribution in [0.5, 0.6) is 5.75 Å². The minimum Gasteiger partial charge on any atom is -0.490 e. The van der Waals surface area contributed by atoms with E-state index in [1.807, 2.05) is 0 Å². The fraction of sp³-hybridized carbons (Fsp3) is 0.600. The van der Waals surface area contributed by atoms with Crippen LogP contribution in [0.1, 0.15) is 38.7 Å². The Morgan fingerprint density at radius 2 is 2.28 bits per heavy atom. The predicted octanol–water partition coefficient (Wildman–Crippen LogP) is 3.30. The van der Waals surface area contributed by atoms with E-state index >= 15 is 0 Å². The molecule has 0 spiro atoms. The molecule has 0 aliphatic carbocycles. The Hall–Kier alpha value is -1.09. The van der Waals surface area contributed by atoms with Crippen molar-refractivity contribution in [1.82, 2.24) is 5.32 Å². The van der Waals surface area contributed by atoms with Crippen molar-refractivity contribution in [3.8, 4) is 5.75 Å². The molecule has 0 amide bonds. The van der Waals surface area contributed by atoms with Gasteiger partial charge in [0.2, 0.25) is 0 Å². The van der Waals surface area contributed by atoms with E-state index in [0.717, 1.165) is 43.5 Å². The molecule has 1 aliphatic heterocycles. The second kappa shape index (κ2) is 6.19. The van der Waals surface area contributed by atoms with E-state index in [4.69, 9.17) is 4.74 Å². The fourth-order valence-electron chi connectivity index (χ4n) is 2.58. The second-order valence-corrected chi connectivity index (χ2v) is 4.94. The Kier molecular flexibility index (Phi) is 4.59. The van der Waals surface area contributed by atoms with Crippen LogP contribution in [0.3, 0.4) is 0 Å². The topological polar surface area (TPSA) is 21.3 Å². The summed E-state index contributed by atoms with van der Waals surface area (Å²) in [6.07, 6.45) is 4.35. The van der Waals surface area contributed by atoms with E-state index in [9.17, 15) is 4.39 Å². The zero-order valence-electron chi connectivity index (χ0n) is 11.2. The lowest BCUT2D eigenvalue weighted by molar-refractivity contribution is 0.210. The van der Waals surface area contributed by atoms with E-state index in [2.05, 4.69) is 19.2 Å². The molecule has 2 atom stereocenters. The smallest absolute Gasteiger partial charge is 0.123 e. The van der Waals surface area contributed by atoms with E-state index in [1.54, 1.807) is 12.1 Å². The Morgan fingerprint density at radius 3 is 3.00 bits per heavy atom. The number of halogens is 1. The normalized spacial score (nSPS) is 19.4. The first-order valence-electron chi connectivity index (χ1n) is 6.91. The van der Waals surface area contributed by atoms with Gasteiger partial charge in [0.1, 0.15) is 17.7 Å². The average Bonchev–Trinajstić information content (AvgIpc) is 2.76. The Balaban J connectivity index is 1.84. The maximum Gasteiger partial charge on any atom is 0.123 e. The first-order valence-corrected chi connectivity index (χ1v) is 6.91. The van der Waals surface area contributed by atoms with Gasteiger partial charge < -0.3 is 10.1 Å². The molecule has 0 saturated heterocycles. The highest BCUT2D eigenvalue weighted by atomic mass is 19.1. The third-order valence-electron chi connectivity index (χ3n) is 3.59. The molecular weight excluding hydrogens is 229 g/mol. The van der Waals surface area contributed by atoms with Crippen molar-refractivity contribution in [2.75, 3.05) is 6.54 Å². The Labute approximate surface area is 109 Å². The van der Waals surface area contributed by atoms with Gasteiger partial charge in [0.25, 0.3) is 0 Å². The molecule has 1 aliphatic rings. The summed E-state index contributed by atoms with van der Waals surface area (Å²) in [5.74, 6) is 0.690. The maximum atomic E-state index is 13.1. The SMILES string of the molecule is CCNC(CC)CCC1Cc2cc(F)ccc2O1. The highest BCUT2D eigenvalue weighted by Gasteiger charge is 2.23. The van der Waals surface area contributed by atoms with Gasteiger partial charge in [-0.25, -0.2) is 4.39 Å². The van der Waals surface area contributed by atoms with Crippen LogP contribution in [0.2, 0.25) is 0 Å². The van der Waals surface area contributed by atoms with Gasteiger partial charge in [-0.15, -0.1) is 0 Å². The zero-order chi connectivity index (χ0) is 13.0. The minimum absolute atomic E-state index is 0.169. The molecule has 100 valence electrons. The molecule has 0 fully saturated rings. The van der Waals surface area contributed by atoms with Crippen LogP contribution in [0.4, 0.5) is 4.39 Å². The summed E-state index contributed by atoms with van der Waals surface area (Å²) < 4.78 is 18.9. The zero-order valence-corrected chi connectivity index (χ0v) is 11.2. The average molecular weight is 251 g/mol. The lowest BCUT2D eigenvalue weighted by Gasteiger charge is -2.18. The maximum absolute atomic E-state index is 13.1. The van der Waals surface area contributed by atoms with E-state index in [0.29, 0.717) is 6.04 Å². The van der Waals surface area contributed by atoms with Crippen molar-refractivity contribution < 1.29 is 9.13 Å². The highest BCUT2D eigenvalue weighted by molar-refractivity contribution is 5.37. The van der Waals surface area contributed by atoms with E-state index in [-0.39, 0.29) is 11.9 Å². The number of ether oxygens (including phenoxy) is 1. The van der Waals surface area contributed by atoms with Crippen molar-refractivity contribution in [3.63, 3.8) is 0 Å². The Bertz CT molecular complexity index is 394. The number of fused-ring (bicyclic) bond motifs is 1. The highest BCUT2D eigenvalue weighted by Crippen LogP contribution is 2.31. The summed E-state index contributed by atoms with van der Waals surface area (Å²) in [7, 11) is 0. The fourth-order valence-corrected chi connectivity index (χ4v) is 2.58. The van der Waals surface area contributed by atoms with Crippen molar-refractivity contribution >= 4 is 0 Å². The van der Waals surface area contributed by atoms with Crippen LogP contribution in [-0.2, 0) is 6.42 Å². The van der Waals surface area contributed by atoms with Crippen LogP contribution >= 0.6 is 0 Å². The molecule has 2 rings (SSSR count). The van der Waals surface area contributed by atoms with Crippen LogP contribution < -0.4 is 10.1 Å². The van der Waals surface area contributed by atoms with Gasteiger partial charge in [-0.05, 0) is 44.0 Å². The molecule has 0 radical (unpaired) electrons. The van der Waals surface area contributed by atoms with Gasteiger partial charge in [-0.2, -0.15) is 0 Å². The van der Waals surface area contributed by atoms with Crippen molar-refractivity contribution in [3.05, 3.63) is 29.6 Å². The third kappa shape index (κ3) is 3.22. The van der Waals surface area contributed by atoms with E-state index in [1.165, 1.54) is 6.07 Å². The molecule has 0 saturated carbocycles. The molecule has 1 N–H and O–H groups in total. The van der Waals surface area contributed by atoms with Crippen LogP contribution in [0.25, 0.3) is 0 Å². The molecule has 1 aromatic carbocycles. The van der Waals surface area contributed by atoms with Crippen LogP contribution in [0, 0.1) is 5.82 Å². The lowest BCUT2D eigenvalue weighted by atomic mass is 10.0. The molecule has 2 unspecified atom stereocenters. The standard InChI is InChI=1S/C15H22FNO/c1-3-13(17-4-2)6-7-14-10-11-9-12(16)5-8-15(11)18-14/h5,8-9,13-14,17H,3-4,6-7,10H2,1-2H3. The van der Waals surface area contributed by atoms with Gasteiger partial charge in [0, 0.05) is 18.0 Å². The Morgan fingerprint density at radius 1 is 1.44 bits per heavy atom. The monoisotopic (exact) mass is 251 g/mol. The van der Waals surface area contributed by atoms with Crippen molar-refractivity contribution in [1.29, 1.82) is 0 Å². The minimum atomic E-state index is -0.169. The summed E-state index contributed by atoms with van der Waals surface area (Å²) in [4.78, 5) is 0. The van der Waals surface area contributed by atoms with Gasteiger partial charge in [-0.1, -0.05) is 13.8 Å². The summed E-state index contributed by atoms with van der Waals surface area (Å²) in [6, 6.07) is 5.37. The van der Waals surface area contributed by atoms with Gasteiger partial charge >= 0.3 is 0 Å². The number of rotatable bonds is 6. The van der Waals surface area contributed by atoms with Crippen molar-refractivity contribution in [2.24, 2.45) is 0 Å². The summed E-state index contributed by atoms with van der Waals surface area (Å²) in [5, 5.41) is 3.47. The number of benzene rings is 1. The first kappa shape index (κ1) is 13.3. The predicted molar refractivity (Wildman–Crippen MR) is 71.5 cm³/mol. The van der Waals surface area contributed by atoms with Gasteiger partial charge in [0.05, 0.1) is 0 Å². The number of hydrogen-bond acceptors (Lipinski definition) is 2. The van der Waals surface area contributed by atoms with Crippen LogP contribution in [0.15, 0.2) is 18.2 Å². The molecule has 1 heterocycles. The number of nitrogens with one attached hydrogen (secondary N) is 1. The molecule has 0 bridgehead atoms. The molecular formula is C15H22FNO. The summed E-state index contributed by atoms with van der Waals surface area (Å²) in [6.45, 7) is 5.34. The molecule has 18 heavy (non-hydrogen) atoms. The second-order valence-electron chi connectivity index (χ2n) is 4.94. The van der Waals surface area contributed by atoms with E-state index < -0.39 is 0 Å². The quantitative estimate of drug-likeness (QED) is 0.837. The molecule has 3 heteroatoms. The molecule has 1 aromatic rings. The summed E-state index contributed by atoms with van der Waals surface area (Å²) >= 11 is 0. The van der Waals surface area contributed by atoms with Crippen molar-refractivity contribution in [2.45, 2.75) is 51.7 Å². The molecule has 2 nitrogen and oxygen atoms in total. The number of hydrogen-bond donors (Lipinski definition) is 1. The first-order chi connectivity index (χ1) is 8.72. The third-order valence-corrected chi connectivity index (χ3v) is 3.59. The van der Waals surface area contributed by atoms with Gasteiger partial charge in [-0.3, -0.25) is 0 Å². The van der Waals surface area contributed by atoms with Crippen LogP contribution in [-0.4, -0.2) is 18.7 Å².